The highest BCUT2D eigenvalue weighted by molar-refractivity contribution is 6.08. The number of alkyl halides is 3. The predicted molar refractivity (Wildman–Crippen MR) is 73.4 cm³/mol. The minimum Gasteiger partial charge on any atom is -0.383 e. The Labute approximate surface area is 121 Å². The Kier molecular flexibility index (Phi) is 3.78. The van der Waals surface area contributed by atoms with E-state index in [2.05, 4.69) is 0 Å². The first kappa shape index (κ1) is 15.8. The summed E-state index contributed by atoms with van der Waals surface area (Å²) in [6.45, 7) is 5.18. The Hall–Kier alpha value is -1.56. The number of halogens is 3. The van der Waals surface area contributed by atoms with Gasteiger partial charge in [-0.25, -0.2) is 0 Å². The zero-order valence-corrected chi connectivity index (χ0v) is 12.5. The van der Waals surface area contributed by atoms with Gasteiger partial charge in [0, 0.05) is 24.9 Å². The van der Waals surface area contributed by atoms with Crippen LogP contribution in [0.25, 0.3) is 0 Å². The molecule has 0 bridgehead atoms. The normalized spacial score (nSPS) is 17.3. The molecular formula is C15H18F3NO2. The maximum atomic E-state index is 13.3. The summed E-state index contributed by atoms with van der Waals surface area (Å²) in [5.41, 5.74) is -1.04. The summed E-state index contributed by atoms with van der Waals surface area (Å²) in [6, 6.07) is 2.74. The molecule has 1 amide bonds. The smallest absolute Gasteiger partial charge is 0.383 e. The Morgan fingerprint density at radius 2 is 1.90 bits per heavy atom. The quantitative estimate of drug-likeness (QED) is 0.857. The van der Waals surface area contributed by atoms with Gasteiger partial charge >= 0.3 is 6.18 Å². The molecule has 2 rings (SSSR count). The molecule has 1 aromatic rings. The van der Waals surface area contributed by atoms with E-state index in [-0.39, 0.29) is 24.6 Å². The van der Waals surface area contributed by atoms with E-state index in [1.54, 1.807) is 13.0 Å². The number of methoxy groups -OCH3 is 1. The Bertz CT molecular complexity index is 579. The molecule has 0 unspecified atom stereocenters. The first-order valence-corrected chi connectivity index (χ1v) is 6.64. The Balaban J connectivity index is 2.67. The number of carbonyl (C=O) groups is 1. The van der Waals surface area contributed by atoms with Crippen molar-refractivity contribution >= 4 is 11.6 Å². The number of benzene rings is 1. The fourth-order valence-corrected chi connectivity index (χ4v) is 2.82. The lowest BCUT2D eigenvalue weighted by Crippen LogP contribution is -2.38. The second-order valence-corrected chi connectivity index (χ2v) is 5.78. The van der Waals surface area contributed by atoms with Crippen molar-refractivity contribution in [1.29, 1.82) is 0 Å². The number of rotatable bonds is 3. The zero-order chi connectivity index (χ0) is 16.0. The standard InChI is InChI=1S/C15H18F3NO2/c1-9-7-10(15(16,17)18)12-11(8-9)19(5-6-21-4)13(20)14(12,2)3/h7-8H,5-6H2,1-4H3. The van der Waals surface area contributed by atoms with Crippen molar-refractivity contribution in [3.05, 3.63) is 28.8 Å². The van der Waals surface area contributed by atoms with E-state index in [4.69, 9.17) is 4.74 Å². The molecule has 0 N–H and O–H groups in total. The molecule has 0 saturated heterocycles. The highest BCUT2D eigenvalue weighted by Gasteiger charge is 2.49. The van der Waals surface area contributed by atoms with Crippen LogP contribution in [0.2, 0.25) is 0 Å². The molecule has 21 heavy (non-hydrogen) atoms. The number of amides is 1. The van der Waals surface area contributed by atoms with Crippen LogP contribution in [0.1, 0.15) is 30.5 Å². The molecule has 116 valence electrons. The van der Waals surface area contributed by atoms with Gasteiger partial charge in [-0.15, -0.1) is 0 Å². The Morgan fingerprint density at radius 1 is 1.29 bits per heavy atom. The highest BCUT2D eigenvalue weighted by atomic mass is 19.4. The molecule has 0 radical (unpaired) electrons. The lowest BCUT2D eigenvalue weighted by Gasteiger charge is -2.21. The first-order chi connectivity index (χ1) is 9.60. The summed E-state index contributed by atoms with van der Waals surface area (Å²) in [4.78, 5) is 13.9. The largest absolute Gasteiger partial charge is 0.416 e. The van der Waals surface area contributed by atoms with Gasteiger partial charge in [-0.2, -0.15) is 13.2 Å². The predicted octanol–water partition coefficient (Wildman–Crippen LogP) is 3.28. The van der Waals surface area contributed by atoms with Crippen molar-refractivity contribution < 1.29 is 22.7 Å². The van der Waals surface area contributed by atoms with E-state index in [9.17, 15) is 18.0 Å². The van der Waals surface area contributed by atoms with Gasteiger partial charge < -0.3 is 9.64 Å². The van der Waals surface area contributed by atoms with Crippen LogP contribution in [0.3, 0.4) is 0 Å². The van der Waals surface area contributed by atoms with Crippen LogP contribution in [0.15, 0.2) is 12.1 Å². The number of hydrogen-bond acceptors (Lipinski definition) is 2. The molecule has 1 aliphatic heterocycles. The van der Waals surface area contributed by atoms with Gasteiger partial charge in [-0.3, -0.25) is 4.79 Å². The van der Waals surface area contributed by atoms with E-state index >= 15 is 0 Å². The summed E-state index contributed by atoms with van der Waals surface area (Å²) >= 11 is 0. The maximum absolute atomic E-state index is 13.3. The fraction of sp³-hybridized carbons (Fsp3) is 0.533. The van der Waals surface area contributed by atoms with Gasteiger partial charge in [0.05, 0.1) is 17.6 Å². The number of hydrogen-bond donors (Lipinski definition) is 0. The van der Waals surface area contributed by atoms with Gasteiger partial charge in [0.1, 0.15) is 0 Å². The van der Waals surface area contributed by atoms with Crippen LogP contribution in [-0.2, 0) is 21.1 Å². The number of aryl methyl sites for hydroxylation is 1. The number of anilines is 1. The van der Waals surface area contributed by atoms with Crippen molar-refractivity contribution in [2.75, 3.05) is 25.2 Å². The van der Waals surface area contributed by atoms with Gasteiger partial charge in [-0.05, 0) is 38.5 Å². The van der Waals surface area contributed by atoms with Crippen molar-refractivity contribution in [1.82, 2.24) is 0 Å². The van der Waals surface area contributed by atoms with Crippen molar-refractivity contribution in [3.8, 4) is 0 Å². The van der Waals surface area contributed by atoms with Gasteiger partial charge in [-0.1, -0.05) is 0 Å². The van der Waals surface area contributed by atoms with E-state index < -0.39 is 17.2 Å². The third-order valence-electron chi connectivity index (χ3n) is 3.78. The summed E-state index contributed by atoms with van der Waals surface area (Å²) < 4.78 is 44.9. The van der Waals surface area contributed by atoms with Crippen LogP contribution in [0.4, 0.5) is 18.9 Å². The van der Waals surface area contributed by atoms with E-state index in [0.717, 1.165) is 6.07 Å². The number of carbonyl (C=O) groups excluding carboxylic acids is 1. The number of fused-ring (bicyclic) bond motifs is 1. The highest BCUT2D eigenvalue weighted by Crippen LogP contribution is 2.48. The fourth-order valence-electron chi connectivity index (χ4n) is 2.82. The molecule has 0 aliphatic carbocycles. The molecule has 6 heteroatoms. The van der Waals surface area contributed by atoms with Crippen LogP contribution in [0.5, 0.6) is 0 Å². The summed E-state index contributed by atoms with van der Waals surface area (Å²) in [7, 11) is 1.49. The lowest BCUT2D eigenvalue weighted by molar-refractivity contribution is -0.138. The molecule has 3 nitrogen and oxygen atoms in total. The molecule has 0 saturated carbocycles. The zero-order valence-electron chi connectivity index (χ0n) is 12.5. The first-order valence-electron chi connectivity index (χ1n) is 6.64. The topological polar surface area (TPSA) is 29.5 Å². The number of nitrogens with zero attached hydrogens (tertiary/aromatic N) is 1. The Morgan fingerprint density at radius 3 is 2.43 bits per heavy atom. The van der Waals surface area contributed by atoms with Crippen LogP contribution in [0, 0.1) is 6.92 Å². The van der Waals surface area contributed by atoms with Crippen molar-refractivity contribution in [3.63, 3.8) is 0 Å². The van der Waals surface area contributed by atoms with E-state index in [0.29, 0.717) is 11.3 Å². The molecule has 0 spiro atoms. The second kappa shape index (κ2) is 5.02. The molecule has 1 heterocycles. The molecule has 0 atom stereocenters. The average Bonchev–Trinajstić information content (AvgIpc) is 2.54. The second-order valence-electron chi connectivity index (χ2n) is 5.78. The molecule has 1 aliphatic rings. The van der Waals surface area contributed by atoms with Gasteiger partial charge in [0.15, 0.2) is 0 Å². The van der Waals surface area contributed by atoms with Crippen molar-refractivity contribution in [2.24, 2.45) is 0 Å². The van der Waals surface area contributed by atoms with E-state index in [1.807, 2.05) is 0 Å². The summed E-state index contributed by atoms with van der Waals surface area (Å²) in [6.07, 6.45) is -4.48. The monoisotopic (exact) mass is 301 g/mol. The van der Waals surface area contributed by atoms with E-state index in [1.165, 1.54) is 25.9 Å². The minimum atomic E-state index is -4.48. The third-order valence-corrected chi connectivity index (χ3v) is 3.78. The molecular weight excluding hydrogens is 283 g/mol. The van der Waals surface area contributed by atoms with Crippen LogP contribution in [-0.4, -0.2) is 26.2 Å². The maximum Gasteiger partial charge on any atom is 0.416 e. The third kappa shape index (κ3) is 2.52. The van der Waals surface area contributed by atoms with Gasteiger partial charge in [0.25, 0.3) is 0 Å². The SMILES string of the molecule is COCCN1C(=O)C(C)(C)c2c1cc(C)cc2C(F)(F)F. The van der Waals surface area contributed by atoms with Crippen LogP contribution >= 0.6 is 0 Å². The molecule has 0 aromatic heterocycles. The van der Waals surface area contributed by atoms with Crippen molar-refractivity contribution in [2.45, 2.75) is 32.4 Å². The molecule has 0 fully saturated rings. The van der Waals surface area contributed by atoms with Crippen LogP contribution < -0.4 is 4.90 Å². The average molecular weight is 301 g/mol. The van der Waals surface area contributed by atoms with Gasteiger partial charge in [0.2, 0.25) is 5.91 Å². The lowest BCUT2D eigenvalue weighted by atomic mass is 9.82. The summed E-state index contributed by atoms with van der Waals surface area (Å²) in [5.74, 6) is -0.328. The molecule has 1 aromatic carbocycles. The number of ether oxygens (including phenoxy) is 1. The minimum absolute atomic E-state index is 0.0571. The summed E-state index contributed by atoms with van der Waals surface area (Å²) in [5, 5.41) is 0.